The second-order valence-corrected chi connectivity index (χ2v) is 7.74. The van der Waals surface area contributed by atoms with Crippen LogP contribution in [0.5, 0.6) is 0 Å². The number of fused-ring (bicyclic) bond motifs is 1. The summed E-state index contributed by atoms with van der Waals surface area (Å²) in [5, 5.41) is 0. The molecule has 1 heterocycles. The largest absolute Gasteiger partial charge is 0.462 e. The lowest BCUT2D eigenvalue weighted by molar-refractivity contribution is -0.152. The molecule has 27 heavy (non-hydrogen) atoms. The molecule has 0 aromatic heterocycles. The van der Waals surface area contributed by atoms with Crippen molar-refractivity contribution >= 4 is 17.7 Å². The summed E-state index contributed by atoms with van der Waals surface area (Å²) in [6.45, 7) is 10.9. The van der Waals surface area contributed by atoms with Crippen LogP contribution in [0.4, 0.5) is 0 Å². The molecule has 1 aliphatic heterocycles. The molecule has 0 amide bonds. The quantitative estimate of drug-likeness (QED) is 0.414. The van der Waals surface area contributed by atoms with E-state index in [1.165, 1.54) is 19.4 Å². The second-order valence-electron chi connectivity index (χ2n) is 7.74. The van der Waals surface area contributed by atoms with Crippen LogP contribution in [0.15, 0.2) is 35.5 Å². The van der Waals surface area contributed by atoms with Crippen LogP contribution >= 0.6 is 0 Å². The molecular weight excluding hydrogens is 344 g/mol. The van der Waals surface area contributed by atoms with Gasteiger partial charge >= 0.3 is 11.9 Å². The molecule has 0 unspecified atom stereocenters. The summed E-state index contributed by atoms with van der Waals surface area (Å²) in [5.74, 6) is -1.57. The SMILES string of the molecule is C=C1C(=O)O[C@H]2/C=C(/C)CC/C=C(\C)CC[C@H](C(C)=O)[C@@H](OC(C)=O)C[C@@H]12. The van der Waals surface area contributed by atoms with Gasteiger partial charge in [-0.2, -0.15) is 0 Å². The Morgan fingerprint density at radius 1 is 1.19 bits per heavy atom. The van der Waals surface area contributed by atoms with Crippen LogP contribution in [-0.4, -0.2) is 29.9 Å². The Labute approximate surface area is 161 Å². The Kier molecular flexibility index (Phi) is 7.17. The molecule has 4 atom stereocenters. The van der Waals surface area contributed by atoms with Crippen LogP contribution in [0.3, 0.4) is 0 Å². The van der Waals surface area contributed by atoms with Gasteiger partial charge in [0, 0.05) is 18.4 Å². The first-order valence-corrected chi connectivity index (χ1v) is 9.59. The molecule has 148 valence electrons. The average Bonchev–Trinajstić information content (AvgIpc) is 2.81. The van der Waals surface area contributed by atoms with E-state index in [9.17, 15) is 14.4 Å². The van der Waals surface area contributed by atoms with Crippen LogP contribution in [0.1, 0.15) is 59.8 Å². The van der Waals surface area contributed by atoms with Crippen molar-refractivity contribution in [3.05, 3.63) is 35.5 Å². The van der Waals surface area contributed by atoms with Gasteiger partial charge in [-0.1, -0.05) is 23.8 Å². The second kappa shape index (κ2) is 9.16. The van der Waals surface area contributed by atoms with E-state index < -0.39 is 30.1 Å². The summed E-state index contributed by atoms with van der Waals surface area (Å²) < 4.78 is 11.0. The normalized spacial score (nSPS) is 33.8. The van der Waals surface area contributed by atoms with E-state index in [0.717, 1.165) is 24.8 Å². The van der Waals surface area contributed by atoms with Gasteiger partial charge in [-0.05, 0) is 59.0 Å². The topological polar surface area (TPSA) is 69.7 Å². The third kappa shape index (κ3) is 5.65. The first kappa shape index (κ1) is 21.1. The zero-order chi connectivity index (χ0) is 20.1. The molecule has 0 aromatic carbocycles. The summed E-state index contributed by atoms with van der Waals surface area (Å²) in [7, 11) is 0. The van der Waals surface area contributed by atoms with Crippen molar-refractivity contribution in [1.82, 2.24) is 0 Å². The summed E-state index contributed by atoms with van der Waals surface area (Å²) in [6.07, 6.45) is 6.65. The number of esters is 2. The van der Waals surface area contributed by atoms with Gasteiger partial charge in [-0.25, -0.2) is 4.79 Å². The molecule has 2 aliphatic rings. The van der Waals surface area contributed by atoms with Crippen LogP contribution in [0.25, 0.3) is 0 Å². The lowest BCUT2D eigenvalue weighted by Gasteiger charge is -2.28. The predicted octanol–water partition coefficient (Wildman–Crippen LogP) is 4.08. The third-order valence-electron chi connectivity index (χ3n) is 5.45. The van der Waals surface area contributed by atoms with E-state index in [2.05, 4.69) is 19.6 Å². The molecule has 0 N–H and O–H groups in total. The molecule has 0 bridgehead atoms. The molecule has 0 spiro atoms. The van der Waals surface area contributed by atoms with Gasteiger partial charge in [0.25, 0.3) is 0 Å². The van der Waals surface area contributed by atoms with Gasteiger partial charge in [0.2, 0.25) is 0 Å². The van der Waals surface area contributed by atoms with E-state index in [1.807, 2.05) is 13.0 Å². The Bertz CT molecular complexity index is 685. The number of carbonyl (C=O) groups is 3. The third-order valence-corrected chi connectivity index (χ3v) is 5.45. The maximum Gasteiger partial charge on any atom is 0.334 e. The Hall–Kier alpha value is -2.17. The fourth-order valence-corrected chi connectivity index (χ4v) is 3.86. The molecule has 1 saturated heterocycles. The molecule has 1 fully saturated rings. The summed E-state index contributed by atoms with van der Waals surface area (Å²) in [4.78, 5) is 36.1. The minimum Gasteiger partial charge on any atom is -0.462 e. The Morgan fingerprint density at radius 3 is 2.52 bits per heavy atom. The highest BCUT2D eigenvalue weighted by molar-refractivity contribution is 5.91. The van der Waals surface area contributed by atoms with Crippen molar-refractivity contribution in [3.8, 4) is 0 Å². The van der Waals surface area contributed by atoms with Gasteiger partial charge in [0.05, 0.1) is 5.92 Å². The summed E-state index contributed by atoms with van der Waals surface area (Å²) in [6, 6.07) is 0. The van der Waals surface area contributed by atoms with Crippen molar-refractivity contribution in [2.75, 3.05) is 0 Å². The van der Waals surface area contributed by atoms with Crippen molar-refractivity contribution < 1.29 is 23.9 Å². The number of ether oxygens (including phenoxy) is 2. The zero-order valence-electron chi connectivity index (χ0n) is 16.7. The number of allylic oxidation sites excluding steroid dienone is 3. The van der Waals surface area contributed by atoms with Gasteiger partial charge in [0.1, 0.15) is 18.0 Å². The number of Topliss-reactive ketones (excluding diaryl/α,β-unsaturated/α-hetero) is 1. The number of hydrogen-bond acceptors (Lipinski definition) is 5. The predicted molar refractivity (Wildman–Crippen MR) is 103 cm³/mol. The molecule has 5 heteroatoms. The average molecular weight is 374 g/mol. The monoisotopic (exact) mass is 374 g/mol. The smallest absolute Gasteiger partial charge is 0.334 e. The molecule has 5 nitrogen and oxygen atoms in total. The van der Waals surface area contributed by atoms with Crippen molar-refractivity contribution in [1.29, 1.82) is 0 Å². The maximum atomic E-state index is 12.3. The van der Waals surface area contributed by atoms with Crippen LogP contribution in [0.2, 0.25) is 0 Å². The van der Waals surface area contributed by atoms with E-state index in [-0.39, 0.29) is 11.7 Å². The molecular formula is C22H30O5. The van der Waals surface area contributed by atoms with E-state index >= 15 is 0 Å². The lowest BCUT2D eigenvalue weighted by atomic mass is 9.82. The van der Waals surface area contributed by atoms with Crippen LogP contribution in [-0.2, 0) is 23.9 Å². The molecule has 1 aliphatic carbocycles. The summed E-state index contributed by atoms with van der Waals surface area (Å²) >= 11 is 0. The minimum atomic E-state index is -0.596. The number of rotatable bonds is 2. The van der Waals surface area contributed by atoms with E-state index in [4.69, 9.17) is 9.47 Å². The standard InChI is InChI=1S/C22H30O5/c1-13-7-6-8-14(2)11-20-19(15(3)22(25)27-20)12-21(26-17(5)24)18(10-9-13)16(4)23/h7,11,18-21H,3,6,8-10,12H2,1-2,4-5H3/b13-7+,14-11-/t18-,19+,20+,21+/m1/s1. The van der Waals surface area contributed by atoms with Crippen molar-refractivity contribution in [2.24, 2.45) is 11.8 Å². The van der Waals surface area contributed by atoms with Crippen LogP contribution < -0.4 is 0 Å². The first-order valence-electron chi connectivity index (χ1n) is 9.59. The molecule has 0 aromatic rings. The van der Waals surface area contributed by atoms with Gasteiger partial charge in [-0.15, -0.1) is 0 Å². The highest BCUT2D eigenvalue weighted by atomic mass is 16.6. The fourth-order valence-electron chi connectivity index (χ4n) is 3.86. The highest BCUT2D eigenvalue weighted by Crippen LogP contribution is 2.36. The lowest BCUT2D eigenvalue weighted by Crippen LogP contribution is -2.34. The maximum absolute atomic E-state index is 12.3. The van der Waals surface area contributed by atoms with Crippen molar-refractivity contribution in [3.63, 3.8) is 0 Å². The number of ketones is 1. The molecule has 2 rings (SSSR count). The van der Waals surface area contributed by atoms with E-state index in [0.29, 0.717) is 18.4 Å². The first-order chi connectivity index (χ1) is 12.7. The molecule has 0 radical (unpaired) electrons. The highest BCUT2D eigenvalue weighted by Gasteiger charge is 2.41. The Morgan fingerprint density at radius 2 is 1.89 bits per heavy atom. The number of carbonyl (C=O) groups excluding carboxylic acids is 3. The van der Waals surface area contributed by atoms with Gasteiger partial charge in [0.15, 0.2) is 0 Å². The number of hydrogen-bond donors (Lipinski definition) is 0. The van der Waals surface area contributed by atoms with Gasteiger partial charge < -0.3 is 9.47 Å². The fraction of sp³-hybridized carbons (Fsp3) is 0.591. The van der Waals surface area contributed by atoms with E-state index in [1.54, 1.807) is 0 Å². The van der Waals surface area contributed by atoms with Crippen molar-refractivity contribution in [2.45, 2.75) is 72.0 Å². The molecule has 0 saturated carbocycles. The van der Waals surface area contributed by atoms with Gasteiger partial charge in [-0.3, -0.25) is 9.59 Å². The Balaban J connectivity index is 2.41. The summed E-state index contributed by atoms with van der Waals surface area (Å²) in [5.41, 5.74) is 2.75. The zero-order valence-corrected chi connectivity index (χ0v) is 16.7. The minimum absolute atomic E-state index is 0.0111. The van der Waals surface area contributed by atoms with Crippen LogP contribution in [0, 0.1) is 11.8 Å².